The van der Waals surface area contributed by atoms with Crippen LogP contribution in [0.1, 0.15) is 26.7 Å². The number of nitrogens with one attached hydrogen (secondary N) is 2. The van der Waals surface area contributed by atoms with Gasteiger partial charge in [-0.25, -0.2) is 9.59 Å². The zero-order valence-corrected chi connectivity index (χ0v) is 9.32. The number of carboxylic acids is 1. The lowest BCUT2D eigenvalue weighted by Crippen LogP contribution is -2.42. The van der Waals surface area contributed by atoms with Crippen molar-refractivity contribution in [3.05, 3.63) is 12.2 Å². The van der Waals surface area contributed by atoms with Crippen molar-refractivity contribution in [3.8, 4) is 0 Å². The summed E-state index contributed by atoms with van der Waals surface area (Å²) in [6.07, 6.45) is 3.19. The first kappa shape index (κ1) is 14.2. The third-order valence-corrected chi connectivity index (χ3v) is 1.71. The van der Waals surface area contributed by atoms with Crippen LogP contribution in [0.2, 0.25) is 0 Å². The molecule has 0 spiro atoms. The van der Waals surface area contributed by atoms with Crippen molar-refractivity contribution < 1.29 is 19.5 Å². The van der Waals surface area contributed by atoms with Gasteiger partial charge in [0, 0.05) is 18.2 Å². The van der Waals surface area contributed by atoms with Crippen molar-refractivity contribution in [2.24, 2.45) is 0 Å². The molecular weight excluding hydrogens is 212 g/mol. The molecule has 0 aromatic carbocycles. The van der Waals surface area contributed by atoms with Crippen LogP contribution >= 0.6 is 0 Å². The highest BCUT2D eigenvalue weighted by Gasteiger charge is 2.08. The lowest BCUT2D eigenvalue weighted by atomic mass is 10.2. The molecular formula is C10H16N2O4. The Balaban J connectivity index is 3.96. The lowest BCUT2D eigenvalue weighted by molar-refractivity contribution is -0.131. The van der Waals surface area contributed by atoms with E-state index in [0.29, 0.717) is 6.08 Å². The van der Waals surface area contributed by atoms with Gasteiger partial charge in [0.05, 0.1) is 0 Å². The molecule has 0 saturated carbocycles. The van der Waals surface area contributed by atoms with Gasteiger partial charge in [0.25, 0.3) is 5.91 Å². The zero-order chi connectivity index (χ0) is 12.6. The topological polar surface area (TPSA) is 95.5 Å². The summed E-state index contributed by atoms with van der Waals surface area (Å²) in [4.78, 5) is 32.2. The highest BCUT2D eigenvalue weighted by molar-refractivity contribution is 6.02. The molecule has 6 nitrogen and oxygen atoms in total. The molecule has 0 rings (SSSR count). The molecule has 3 N–H and O–H groups in total. The summed E-state index contributed by atoms with van der Waals surface area (Å²) in [7, 11) is 0. The first-order chi connectivity index (χ1) is 7.45. The second-order valence-electron chi connectivity index (χ2n) is 3.32. The Kier molecular flexibility index (Phi) is 6.58. The maximum Gasteiger partial charge on any atom is 0.328 e. The van der Waals surface area contributed by atoms with E-state index >= 15 is 0 Å². The van der Waals surface area contributed by atoms with Crippen LogP contribution in [-0.4, -0.2) is 29.1 Å². The molecule has 0 radical (unpaired) electrons. The molecule has 3 amide bonds. The summed E-state index contributed by atoms with van der Waals surface area (Å²) in [6, 6.07) is -0.651. The van der Waals surface area contributed by atoms with Crippen LogP contribution in [0, 0.1) is 0 Å². The van der Waals surface area contributed by atoms with Gasteiger partial charge in [0.1, 0.15) is 0 Å². The number of carbonyl (C=O) groups excluding carboxylic acids is 2. The summed E-state index contributed by atoms with van der Waals surface area (Å²) in [5.41, 5.74) is 0. The molecule has 90 valence electrons. The molecule has 0 heterocycles. The summed E-state index contributed by atoms with van der Waals surface area (Å²) in [5, 5.41) is 12.8. The van der Waals surface area contributed by atoms with Gasteiger partial charge in [-0.15, -0.1) is 0 Å². The van der Waals surface area contributed by atoms with Gasteiger partial charge < -0.3 is 10.4 Å². The molecule has 0 aromatic rings. The van der Waals surface area contributed by atoms with Crippen LogP contribution in [0.3, 0.4) is 0 Å². The smallest absolute Gasteiger partial charge is 0.328 e. The molecule has 1 atom stereocenters. The van der Waals surface area contributed by atoms with Crippen molar-refractivity contribution in [2.45, 2.75) is 32.7 Å². The van der Waals surface area contributed by atoms with E-state index < -0.39 is 17.9 Å². The van der Waals surface area contributed by atoms with Crippen LogP contribution in [-0.2, 0) is 9.59 Å². The van der Waals surface area contributed by atoms with Gasteiger partial charge in [-0.2, -0.15) is 0 Å². The average Bonchev–Trinajstić information content (AvgIpc) is 2.14. The van der Waals surface area contributed by atoms with E-state index in [4.69, 9.17) is 5.11 Å². The predicted octanol–water partition coefficient (Wildman–Crippen LogP) is 0.642. The minimum Gasteiger partial charge on any atom is -0.478 e. The van der Waals surface area contributed by atoms with Gasteiger partial charge in [0.15, 0.2) is 0 Å². The molecule has 16 heavy (non-hydrogen) atoms. The largest absolute Gasteiger partial charge is 0.478 e. The molecule has 0 aliphatic carbocycles. The van der Waals surface area contributed by atoms with E-state index in [-0.39, 0.29) is 6.04 Å². The maximum atomic E-state index is 11.2. The minimum absolute atomic E-state index is 0.0266. The van der Waals surface area contributed by atoms with Crippen LogP contribution < -0.4 is 10.6 Å². The standard InChI is InChI=1S/C10H16N2O4/c1-3-4-7(2)11-10(16)12-8(13)5-6-9(14)15/h5-7H,3-4H2,1-2H3,(H,14,15)(H2,11,12,13,16)/b6-5+. The molecule has 0 bridgehead atoms. The fourth-order valence-electron chi connectivity index (χ4n) is 1.07. The van der Waals surface area contributed by atoms with Crippen molar-refractivity contribution in [1.82, 2.24) is 10.6 Å². The number of carbonyl (C=O) groups is 3. The third-order valence-electron chi connectivity index (χ3n) is 1.71. The Morgan fingerprint density at radius 1 is 1.31 bits per heavy atom. The molecule has 0 aliphatic rings. The number of aliphatic carboxylic acids is 1. The van der Waals surface area contributed by atoms with E-state index in [0.717, 1.165) is 18.9 Å². The van der Waals surface area contributed by atoms with Gasteiger partial charge in [0.2, 0.25) is 0 Å². The second kappa shape index (κ2) is 7.44. The van der Waals surface area contributed by atoms with E-state index in [1.54, 1.807) is 0 Å². The number of imide groups is 1. The second-order valence-corrected chi connectivity index (χ2v) is 3.32. The number of hydrogen-bond donors (Lipinski definition) is 3. The summed E-state index contributed by atoms with van der Waals surface area (Å²) < 4.78 is 0. The van der Waals surface area contributed by atoms with Crippen LogP contribution in [0.15, 0.2) is 12.2 Å². The fourth-order valence-corrected chi connectivity index (χ4v) is 1.07. The number of amides is 3. The number of carboxylic acid groups (broad SMARTS) is 1. The van der Waals surface area contributed by atoms with Crippen LogP contribution in [0.4, 0.5) is 4.79 Å². The Morgan fingerprint density at radius 2 is 1.94 bits per heavy atom. The molecule has 0 saturated heterocycles. The van der Waals surface area contributed by atoms with Crippen molar-refractivity contribution in [1.29, 1.82) is 0 Å². The maximum absolute atomic E-state index is 11.2. The normalized spacial score (nSPS) is 12.1. The Labute approximate surface area is 93.7 Å². The summed E-state index contributed by atoms with van der Waals surface area (Å²) in [5.74, 6) is -2.00. The number of rotatable bonds is 5. The minimum atomic E-state index is -1.24. The van der Waals surface area contributed by atoms with Crippen molar-refractivity contribution >= 4 is 17.9 Å². The van der Waals surface area contributed by atoms with E-state index in [1.807, 2.05) is 19.2 Å². The SMILES string of the molecule is CCCC(C)NC(=O)NC(=O)/C=C/C(=O)O. The molecule has 6 heteroatoms. The highest BCUT2D eigenvalue weighted by Crippen LogP contribution is 1.93. The first-order valence-electron chi connectivity index (χ1n) is 4.98. The van der Waals surface area contributed by atoms with E-state index in [2.05, 4.69) is 5.32 Å². The van der Waals surface area contributed by atoms with E-state index in [1.165, 1.54) is 0 Å². The molecule has 0 aliphatic heterocycles. The quantitative estimate of drug-likeness (QED) is 0.602. The Bertz CT molecular complexity index is 299. The van der Waals surface area contributed by atoms with Gasteiger partial charge in [-0.1, -0.05) is 13.3 Å². The predicted molar refractivity (Wildman–Crippen MR) is 57.8 cm³/mol. The molecule has 0 aromatic heterocycles. The highest BCUT2D eigenvalue weighted by atomic mass is 16.4. The van der Waals surface area contributed by atoms with Crippen LogP contribution in [0.25, 0.3) is 0 Å². The van der Waals surface area contributed by atoms with Gasteiger partial charge in [-0.05, 0) is 13.3 Å². The molecule has 1 unspecified atom stereocenters. The summed E-state index contributed by atoms with van der Waals surface area (Å²) >= 11 is 0. The van der Waals surface area contributed by atoms with Gasteiger partial charge >= 0.3 is 12.0 Å². The Morgan fingerprint density at radius 3 is 2.44 bits per heavy atom. The number of hydrogen-bond acceptors (Lipinski definition) is 3. The van der Waals surface area contributed by atoms with Crippen molar-refractivity contribution in [3.63, 3.8) is 0 Å². The number of urea groups is 1. The third kappa shape index (κ3) is 7.54. The molecule has 0 fully saturated rings. The first-order valence-corrected chi connectivity index (χ1v) is 4.98. The average molecular weight is 228 g/mol. The summed E-state index contributed by atoms with van der Waals surface area (Å²) in [6.45, 7) is 3.80. The van der Waals surface area contributed by atoms with Crippen molar-refractivity contribution in [2.75, 3.05) is 0 Å². The lowest BCUT2D eigenvalue weighted by Gasteiger charge is -2.12. The fraction of sp³-hybridized carbons (Fsp3) is 0.500. The Hall–Kier alpha value is -1.85. The zero-order valence-electron chi connectivity index (χ0n) is 9.32. The monoisotopic (exact) mass is 228 g/mol. The van der Waals surface area contributed by atoms with Gasteiger partial charge in [-0.3, -0.25) is 10.1 Å². The van der Waals surface area contributed by atoms with E-state index in [9.17, 15) is 14.4 Å². The van der Waals surface area contributed by atoms with Crippen LogP contribution in [0.5, 0.6) is 0 Å².